The highest BCUT2D eigenvalue weighted by Crippen LogP contribution is 2.48. The van der Waals surface area contributed by atoms with Crippen LogP contribution in [0, 0.1) is 30.6 Å². The molecular formula is C45H63N3O16. The van der Waals surface area contributed by atoms with Crippen molar-refractivity contribution in [2.75, 3.05) is 61.3 Å². The highest BCUT2D eigenvalue weighted by atomic mass is 16.8. The van der Waals surface area contributed by atoms with Gasteiger partial charge in [0.25, 0.3) is 11.7 Å². The second-order valence-corrected chi connectivity index (χ2v) is 15.9. The summed E-state index contributed by atoms with van der Waals surface area (Å²) in [5, 5.41) is 46.1. The van der Waals surface area contributed by atoms with Crippen molar-refractivity contribution in [3.8, 4) is 11.5 Å². The first-order chi connectivity index (χ1) is 30.4. The Morgan fingerprint density at radius 1 is 0.859 bits per heavy atom. The Hall–Kier alpha value is -5.15. The molecule has 0 aromatic heterocycles. The molecule has 3 aliphatic heterocycles. The maximum atomic E-state index is 14.4. The zero-order valence-electron chi connectivity index (χ0n) is 38.4. The molecule has 1 aromatic carbocycles. The third kappa shape index (κ3) is 12.1. The topological polar surface area (TPSA) is 241 Å². The van der Waals surface area contributed by atoms with Crippen LogP contribution in [0.2, 0.25) is 0 Å². The van der Waals surface area contributed by atoms with Crippen LogP contribution in [-0.2, 0) is 52.4 Å². The lowest BCUT2D eigenvalue weighted by Crippen LogP contribution is -2.46. The minimum Gasteiger partial charge on any atom is -0.507 e. The number of aliphatic hydroxyl groups is 2. The fourth-order valence-electron chi connectivity index (χ4n) is 7.51. The number of aromatic hydroxyl groups is 1. The van der Waals surface area contributed by atoms with Gasteiger partial charge in [0.1, 0.15) is 23.3 Å². The summed E-state index contributed by atoms with van der Waals surface area (Å²) in [7, 11) is 4.50. The lowest BCUT2D eigenvalue weighted by molar-refractivity contribution is -0.160. The number of nitrogens with zero attached hydrogens (tertiary/aromatic N) is 2. The number of phenols is 1. The number of methoxy groups -OCH3 is 3. The molecule has 4 aliphatic rings. The van der Waals surface area contributed by atoms with Crippen LogP contribution in [0.4, 0.5) is 0 Å². The quantitative estimate of drug-likeness (QED) is 0.0895. The number of ketones is 1. The summed E-state index contributed by atoms with van der Waals surface area (Å²) in [6.07, 6.45) is 5.04. The van der Waals surface area contributed by atoms with Gasteiger partial charge in [-0.2, -0.15) is 0 Å². The fraction of sp³-hybridized carbons (Fsp3) is 0.578. The number of ether oxygens (including phenoxy) is 8. The molecule has 0 saturated heterocycles. The number of benzene rings is 1. The SMILES string of the molecule is COCCOCON=C1C=C2NC(=O)C(C)=CC=C[C@H](C)[C@H](O)[C@@H](C)[C@@H](O)[C@@H](C)[C@H](OC(C)=O)C(C)[C@@H](OC)C=CO[C@@]3(C)Oc4c(C)c(O)c(c1c4C3=NOCOCCOC)C2=O. The normalized spacial score (nSPS) is 28.9. The van der Waals surface area contributed by atoms with Gasteiger partial charge in [-0.3, -0.25) is 14.4 Å². The molecule has 3 heterocycles. The van der Waals surface area contributed by atoms with E-state index in [0.717, 1.165) is 0 Å². The minimum absolute atomic E-state index is 0.0158. The first-order valence-corrected chi connectivity index (χ1v) is 20.9. The van der Waals surface area contributed by atoms with E-state index in [-0.39, 0.29) is 90.7 Å². The molecule has 354 valence electrons. The molecule has 4 N–H and O–H groups in total. The van der Waals surface area contributed by atoms with Gasteiger partial charge in [-0.25, -0.2) is 0 Å². The molecule has 64 heavy (non-hydrogen) atoms. The number of hydrogen-bond donors (Lipinski definition) is 4. The van der Waals surface area contributed by atoms with Gasteiger partial charge in [-0.15, -0.1) is 0 Å². The van der Waals surface area contributed by atoms with Crippen LogP contribution in [0.15, 0.2) is 58.2 Å². The largest absolute Gasteiger partial charge is 0.507 e. The summed E-state index contributed by atoms with van der Waals surface area (Å²) in [5.74, 6) is -6.74. The van der Waals surface area contributed by atoms with Gasteiger partial charge < -0.3 is 68.2 Å². The van der Waals surface area contributed by atoms with Gasteiger partial charge in [-0.05, 0) is 26.0 Å². The van der Waals surface area contributed by atoms with Crippen LogP contribution in [0.25, 0.3) is 0 Å². The Balaban J connectivity index is 1.96. The predicted octanol–water partition coefficient (Wildman–Crippen LogP) is 3.95. The summed E-state index contributed by atoms with van der Waals surface area (Å²) < 4.78 is 45.5. The number of carbonyl (C=O) groups excluding carboxylic acids is 3. The average molecular weight is 902 g/mol. The van der Waals surface area contributed by atoms with Crippen LogP contribution < -0.4 is 10.1 Å². The lowest BCUT2D eigenvalue weighted by atomic mass is 9.78. The van der Waals surface area contributed by atoms with Gasteiger partial charge in [0.2, 0.25) is 19.4 Å². The summed E-state index contributed by atoms with van der Waals surface area (Å²) in [4.78, 5) is 51.7. The van der Waals surface area contributed by atoms with Gasteiger partial charge in [0, 0.05) is 75.5 Å². The van der Waals surface area contributed by atoms with E-state index in [4.69, 9.17) is 47.6 Å². The zero-order chi connectivity index (χ0) is 47.3. The molecule has 19 heteroatoms. The number of esters is 1. The number of rotatable bonds is 14. The van der Waals surface area contributed by atoms with E-state index < -0.39 is 77.3 Å². The molecule has 5 bridgehead atoms. The van der Waals surface area contributed by atoms with Crippen LogP contribution in [0.1, 0.15) is 75.5 Å². The fourth-order valence-corrected chi connectivity index (χ4v) is 7.51. The van der Waals surface area contributed by atoms with Crippen molar-refractivity contribution in [1.29, 1.82) is 0 Å². The molecule has 1 unspecified atom stereocenters. The van der Waals surface area contributed by atoms with E-state index >= 15 is 0 Å². The van der Waals surface area contributed by atoms with Crippen LogP contribution in [0.3, 0.4) is 0 Å². The second-order valence-electron chi connectivity index (χ2n) is 15.9. The van der Waals surface area contributed by atoms with Crippen molar-refractivity contribution in [1.82, 2.24) is 5.32 Å². The minimum atomic E-state index is -1.83. The second kappa shape index (κ2) is 23.7. The van der Waals surface area contributed by atoms with E-state index in [9.17, 15) is 29.7 Å². The number of phenolic OH excluding ortho intramolecular Hbond substituents is 1. The third-order valence-corrected chi connectivity index (χ3v) is 11.3. The highest BCUT2D eigenvalue weighted by molar-refractivity contribution is 6.32. The average Bonchev–Trinajstić information content (AvgIpc) is 3.56. The van der Waals surface area contributed by atoms with Crippen molar-refractivity contribution < 1.29 is 77.3 Å². The molecule has 9 atom stereocenters. The Bertz CT molecular complexity index is 2010. The summed E-state index contributed by atoms with van der Waals surface area (Å²) in [5.41, 5.74) is -0.0749. The van der Waals surface area contributed by atoms with Crippen molar-refractivity contribution in [3.05, 3.63) is 70.2 Å². The molecule has 0 spiro atoms. The summed E-state index contributed by atoms with van der Waals surface area (Å²) >= 11 is 0. The number of allylic oxidation sites excluding steroid dienone is 4. The molecular weight excluding hydrogens is 838 g/mol. The smallest absolute Gasteiger partial charge is 0.302 e. The van der Waals surface area contributed by atoms with Crippen LogP contribution in [-0.4, -0.2) is 136 Å². The zero-order valence-corrected chi connectivity index (χ0v) is 38.4. The van der Waals surface area contributed by atoms with Crippen LogP contribution >= 0.6 is 0 Å². The molecule has 0 saturated carbocycles. The molecule has 5 rings (SSSR count). The molecule has 19 nitrogen and oxygen atoms in total. The summed E-state index contributed by atoms with van der Waals surface area (Å²) in [6, 6.07) is 0. The first-order valence-electron chi connectivity index (χ1n) is 20.9. The number of nitrogens with one attached hydrogen (secondary N) is 1. The van der Waals surface area contributed by atoms with Crippen molar-refractivity contribution in [2.24, 2.45) is 34.0 Å². The predicted molar refractivity (Wildman–Crippen MR) is 231 cm³/mol. The molecule has 0 radical (unpaired) electrons. The molecule has 1 amide bonds. The number of fused-ring (bicyclic) bond motifs is 14. The number of aliphatic hydroxyl groups excluding tert-OH is 2. The lowest BCUT2D eigenvalue weighted by Gasteiger charge is -2.38. The highest BCUT2D eigenvalue weighted by Gasteiger charge is 2.50. The van der Waals surface area contributed by atoms with E-state index in [1.165, 1.54) is 67.4 Å². The van der Waals surface area contributed by atoms with Crippen LogP contribution in [0.5, 0.6) is 11.5 Å². The van der Waals surface area contributed by atoms with E-state index in [1.54, 1.807) is 45.9 Å². The first kappa shape index (κ1) is 51.5. The van der Waals surface area contributed by atoms with Gasteiger partial charge >= 0.3 is 5.97 Å². The molecule has 1 aliphatic carbocycles. The standard InChI is InChI=1S/C45H63N3O16/c1-24-13-12-14-25(2)44(54)46-32-21-31(47-61-22-58-19-17-55-9)34-35(40(32)53)39(52)29(6)42-36(34)43(48-62-23-59-20-18-56-10)45(8,64-42)60-16-15-33(57-11)26(3)41(63-30(7)49)28(5)38(51)27(4)37(24)50/h12-16,21,24,26-28,33,37-38,41,50-52H,17-20,22-23H2,1-11H3,(H,46,54)/t24-,26?,27+,28+,33-,37-,38+,41+,45-/m0/s1. The molecule has 0 fully saturated rings. The Morgan fingerprint density at radius 3 is 2.11 bits per heavy atom. The Morgan fingerprint density at radius 2 is 1.50 bits per heavy atom. The van der Waals surface area contributed by atoms with Crippen molar-refractivity contribution in [2.45, 2.75) is 85.6 Å². The van der Waals surface area contributed by atoms with Crippen molar-refractivity contribution in [3.63, 3.8) is 0 Å². The van der Waals surface area contributed by atoms with E-state index in [0.29, 0.717) is 0 Å². The number of hydrogen-bond acceptors (Lipinski definition) is 18. The number of Topliss-reactive ketones (excluding diaryl/α,β-unsaturated/α-hetero) is 1. The number of oxime groups is 2. The van der Waals surface area contributed by atoms with Crippen molar-refractivity contribution >= 4 is 29.1 Å². The van der Waals surface area contributed by atoms with Gasteiger partial charge in [0.15, 0.2) is 5.71 Å². The number of carbonyl (C=O) groups is 3. The maximum absolute atomic E-state index is 14.4. The monoisotopic (exact) mass is 901 g/mol. The summed E-state index contributed by atoms with van der Waals surface area (Å²) in [6.45, 7) is 13.1. The van der Waals surface area contributed by atoms with E-state index in [2.05, 4.69) is 15.6 Å². The third-order valence-electron chi connectivity index (χ3n) is 11.3. The van der Waals surface area contributed by atoms with Gasteiger partial charge in [-0.1, -0.05) is 56.2 Å². The van der Waals surface area contributed by atoms with E-state index in [1.807, 2.05) is 0 Å². The maximum Gasteiger partial charge on any atom is 0.302 e. The Labute approximate surface area is 373 Å². The number of amides is 1. The Kier molecular flexibility index (Phi) is 19.1. The molecule has 1 aromatic rings. The van der Waals surface area contributed by atoms with Gasteiger partial charge in [0.05, 0.1) is 67.8 Å².